The number of halogens is 4. The molecule has 0 spiro atoms. The van der Waals surface area contributed by atoms with E-state index in [1.807, 2.05) is 0 Å². The Labute approximate surface area is 217 Å². The summed E-state index contributed by atoms with van der Waals surface area (Å²) in [6, 6.07) is 10.2. The third-order valence-corrected chi connectivity index (χ3v) is 6.33. The van der Waals surface area contributed by atoms with Crippen LogP contribution in [0.15, 0.2) is 66.2 Å². The maximum Gasteiger partial charge on any atom is 0.416 e. The SMILES string of the molecule is O=C1C(=O)N(c2cccc(C(=O)O)c2)[C@@H](c2cc(Cl)c3c(c2)OCO3)C1=C(O)c1cccc(C(F)(F)F)c1. The number of rotatable bonds is 4. The Balaban J connectivity index is 1.75. The second-order valence-electron chi connectivity index (χ2n) is 8.34. The van der Waals surface area contributed by atoms with Crippen molar-refractivity contribution in [1.82, 2.24) is 0 Å². The number of Topliss-reactive ketones (excluding diaryl/α,β-unsaturated/α-hetero) is 1. The molecule has 8 nitrogen and oxygen atoms in total. The van der Waals surface area contributed by atoms with Gasteiger partial charge in [0.05, 0.1) is 27.8 Å². The van der Waals surface area contributed by atoms with E-state index in [9.17, 15) is 37.8 Å². The first-order valence-corrected chi connectivity index (χ1v) is 11.3. The van der Waals surface area contributed by atoms with Gasteiger partial charge in [0.1, 0.15) is 5.76 Å². The predicted molar refractivity (Wildman–Crippen MR) is 127 cm³/mol. The Morgan fingerprint density at radius 3 is 2.39 bits per heavy atom. The molecule has 38 heavy (non-hydrogen) atoms. The first-order valence-electron chi connectivity index (χ1n) is 10.9. The molecule has 3 aromatic carbocycles. The van der Waals surface area contributed by atoms with E-state index >= 15 is 0 Å². The lowest BCUT2D eigenvalue weighted by molar-refractivity contribution is -0.137. The van der Waals surface area contributed by atoms with E-state index in [1.54, 1.807) is 0 Å². The molecule has 0 aliphatic carbocycles. The van der Waals surface area contributed by atoms with Crippen LogP contribution in [0.2, 0.25) is 5.02 Å². The van der Waals surface area contributed by atoms with Crippen LogP contribution in [-0.4, -0.2) is 34.7 Å². The number of alkyl halides is 3. The summed E-state index contributed by atoms with van der Waals surface area (Å²) >= 11 is 6.33. The molecule has 1 atom stereocenters. The van der Waals surface area contributed by atoms with Gasteiger partial charge in [0.15, 0.2) is 11.5 Å². The molecule has 12 heteroatoms. The van der Waals surface area contributed by atoms with Gasteiger partial charge in [-0.25, -0.2) is 4.79 Å². The monoisotopic (exact) mass is 545 g/mol. The van der Waals surface area contributed by atoms with Crippen LogP contribution in [0.5, 0.6) is 11.5 Å². The number of carbonyl (C=O) groups is 3. The van der Waals surface area contributed by atoms with Gasteiger partial charge in [-0.05, 0) is 48.0 Å². The first kappa shape index (κ1) is 25.2. The number of carboxylic acid groups (broad SMARTS) is 1. The topological polar surface area (TPSA) is 113 Å². The summed E-state index contributed by atoms with van der Waals surface area (Å²) in [6.45, 7) is -0.149. The zero-order valence-electron chi connectivity index (χ0n) is 19.0. The van der Waals surface area contributed by atoms with E-state index in [4.69, 9.17) is 21.1 Å². The van der Waals surface area contributed by atoms with Crippen LogP contribution in [0, 0.1) is 0 Å². The molecule has 2 heterocycles. The fraction of sp³-hybridized carbons (Fsp3) is 0.115. The van der Waals surface area contributed by atoms with Crippen LogP contribution < -0.4 is 14.4 Å². The van der Waals surface area contributed by atoms with Gasteiger partial charge in [-0.3, -0.25) is 14.5 Å². The maximum absolute atomic E-state index is 13.3. The van der Waals surface area contributed by atoms with Gasteiger partial charge < -0.3 is 19.7 Å². The minimum atomic E-state index is -4.73. The minimum absolute atomic E-state index is 0.00567. The number of carbonyl (C=O) groups excluding carboxylic acids is 2. The molecule has 0 aromatic heterocycles. The summed E-state index contributed by atoms with van der Waals surface area (Å²) in [5, 5.41) is 20.6. The molecule has 0 saturated carbocycles. The number of amides is 1. The number of fused-ring (bicyclic) bond motifs is 1. The molecular formula is C26H15ClF3NO7. The van der Waals surface area contributed by atoms with Crippen molar-refractivity contribution in [3.8, 4) is 11.5 Å². The first-order chi connectivity index (χ1) is 18.0. The van der Waals surface area contributed by atoms with Crippen molar-refractivity contribution < 1.29 is 47.2 Å². The summed E-state index contributed by atoms with van der Waals surface area (Å²) in [5.74, 6) is -4.10. The highest BCUT2D eigenvalue weighted by molar-refractivity contribution is 6.51. The molecule has 3 aromatic rings. The lowest BCUT2D eigenvalue weighted by Gasteiger charge is -2.26. The minimum Gasteiger partial charge on any atom is -0.507 e. The number of anilines is 1. The van der Waals surface area contributed by atoms with E-state index < -0.39 is 46.8 Å². The summed E-state index contributed by atoms with van der Waals surface area (Å²) < 4.78 is 50.7. The Hall–Kier alpha value is -4.51. The molecule has 5 rings (SSSR count). The average molecular weight is 546 g/mol. The lowest BCUT2D eigenvalue weighted by atomic mass is 9.94. The number of nitrogens with zero attached hydrogens (tertiary/aromatic N) is 1. The van der Waals surface area contributed by atoms with Gasteiger partial charge in [0.2, 0.25) is 6.79 Å². The Bertz CT molecular complexity index is 1550. The van der Waals surface area contributed by atoms with Crippen molar-refractivity contribution in [3.63, 3.8) is 0 Å². The Morgan fingerprint density at radius 2 is 1.68 bits per heavy atom. The highest BCUT2D eigenvalue weighted by Crippen LogP contribution is 2.47. The fourth-order valence-corrected chi connectivity index (χ4v) is 4.62. The van der Waals surface area contributed by atoms with Crippen LogP contribution in [0.4, 0.5) is 18.9 Å². The zero-order valence-corrected chi connectivity index (χ0v) is 19.7. The average Bonchev–Trinajstić information content (AvgIpc) is 3.46. The summed E-state index contributed by atoms with van der Waals surface area (Å²) in [6.07, 6.45) is -4.73. The van der Waals surface area contributed by atoms with Crippen molar-refractivity contribution in [2.45, 2.75) is 12.2 Å². The van der Waals surface area contributed by atoms with Crippen molar-refractivity contribution in [2.75, 3.05) is 11.7 Å². The molecule has 1 amide bonds. The lowest BCUT2D eigenvalue weighted by Crippen LogP contribution is -2.29. The van der Waals surface area contributed by atoms with Gasteiger partial charge in [0.25, 0.3) is 11.7 Å². The second-order valence-corrected chi connectivity index (χ2v) is 8.75. The van der Waals surface area contributed by atoms with Crippen LogP contribution in [-0.2, 0) is 15.8 Å². The van der Waals surface area contributed by atoms with Gasteiger partial charge in [-0.2, -0.15) is 13.2 Å². The van der Waals surface area contributed by atoms with E-state index in [0.29, 0.717) is 6.07 Å². The molecular weight excluding hydrogens is 531 g/mol. The molecule has 0 unspecified atom stereocenters. The van der Waals surface area contributed by atoms with Crippen LogP contribution in [0.1, 0.15) is 33.1 Å². The van der Waals surface area contributed by atoms with E-state index in [2.05, 4.69) is 0 Å². The number of hydrogen-bond acceptors (Lipinski definition) is 6. The molecule has 1 fully saturated rings. The molecule has 0 bridgehead atoms. The third-order valence-electron chi connectivity index (χ3n) is 6.04. The maximum atomic E-state index is 13.3. The number of aliphatic hydroxyl groups excluding tert-OH is 1. The largest absolute Gasteiger partial charge is 0.507 e. The number of aromatic carboxylic acids is 1. The third kappa shape index (κ3) is 4.20. The van der Waals surface area contributed by atoms with E-state index in [-0.39, 0.29) is 45.7 Å². The quantitative estimate of drug-likeness (QED) is 0.256. The summed E-state index contributed by atoms with van der Waals surface area (Å²) in [7, 11) is 0. The van der Waals surface area contributed by atoms with Crippen molar-refractivity contribution in [1.29, 1.82) is 0 Å². The normalized spacial score (nSPS) is 18.2. The van der Waals surface area contributed by atoms with Crippen molar-refractivity contribution in [3.05, 3.63) is 93.5 Å². The molecule has 194 valence electrons. The summed E-state index contributed by atoms with van der Waals surface area (Å²) in [5.41, 5.74) is -1.99. The summed E-state index contributed by atoms with van der Waals surface area (Å²) in [4.78, 5) is 39.0. The van der Waals surface area contributed by atoms with Gasteiger partial charge >= 0.3 is 12.1 Å². The molecule has 2 aliphatic rings. The van der Waals surface area contributed by atoms with Crippen LogP contribution >= 0.6 is 11.6 Å². The Kier molecular flexibility index (Phi) is 6.03. The number of ether oxygens (including phenoxy) is 2. The van der Waals surface area contributed by atoms with Crippen molar-refractivity contribution in [2.24, 2.45) is 0 Å². The van der Waals surface area contributed by atoms with Crippen molar-refractivity contribution >= 4 is 40.7 Å². The standard InChI is InChI=1S/C26H15ClF3NO7/c27-17-9-14(10-18-23(17)38-11-37-18)20-19(21(32)12-3-1-5-15(7-12)26(28,29)30)22(33)24(34)31(20)16-6-2-4-13(8-16)25(35)36/h1-10,20,32H,11H2,(H,35,36)/t20-/m0/s1. The molecule has 0 radical (unpaired) electrons. The number of benzene rings is 3. The fourth-order valence-electron chi connectivity index (χ4n) is 4.35. The second kappa shape index (κ2) is 9.10. The van der Waals surface area contributed by atoms with Gasteiger partial charge in [0, 0.05) is 11.3 Å². The van der Waals surface area contributed by atoms with Gasteiger partial charge in [-0.15, -0.1) is 0 Å². The number of aliphatic hydroxyl groups is 1. The number of carboxylic acids is 1. The molecule has 2 N–H and O–H groups in total. The number of ketones is 1. The van der Waals surface area contributed by atoms with E-state index in [1.165, 1.54) is 30.3 Å². The smallest absolute Gasteiger partial charge is 0.416 e. The highest BCUT2D eigenvalue weighted by atomic mass is 35.5. The highest BCUT2D eigenvalue weighted by Gasteiger charge is 2.48. The van der Waals surface area contributed by atoms with Gasteiger partial charge in [-0.1, -0.05) is 29.8 Å². The molecule has 1 saturated heterocycles. The molecule has 2 aliphatic heterocycles. The van der Waals surface area contributed by atoms with E-state index in [0.717, 1.165) is 29.2 Å². The van der Waals surface area contributed by atoms with Crippen LogP contribution in [0.3, 0.4) is 0 Å². The predicted octanol–water partition coefficient (Wildman–Crippen LogP) is 5.41. The Morgan fingerprint density at radius 1 is 0.974 bits per heavy atom. The van der Waals surface area contributed by atoms with Crippen LogP contribution in [0.25, 0.3) is 5.76 Å². The zero-order chi connectivity index (χ0) is 27.4. The number of hydrogen-bond donors (Lipinski definition) is 2.